The van der Waals surface area contributed by atoms with Crippen molar-refractivity contribution in [1.29, 1.82) is 5.41 Å². The van der Waals surface area contributed by atoms with E-state index in [9.17, 15) is 13.2 Å². The van der Waals surface area contributed by atoms with Crippen molar-refractivity contribution in [3.63, 3.8) is 0 Å². The fourth-order valence-electron chi connectivity index (χ4n) is 3.31. The summed E-state index contributed by atoms with van der Waals surface area (Å²) < 4.78 is 46.0. The van der Waals surface area contributed by atoms with Gasteiger partial charge in [-0.1, -0.05) is 12.0 Å². The smallest absolute Gasteiger partial charge is 0.425 e. The molecule has 1 unspecified atom stereocenters. The van der Waals surface area contributed by atoms with Crippen molar-refractivity contribution < 1.29 is 17.9 Å². The Bertz CT molecular complexity index is 1110. The Labute approximate surface area is 157 Å². The van der Waals surface area contributed by atoms with Gasteiger partial charge in [-0.25, -0.2) is 0 Å². The van der Waals surface area contributed by atoms with Crippen molar-refractivity contribution in [3.8, 4) is 11.8 Å². The van der Waals surface area contributed by atoms with E-state index in [1.54, 1.807) is 18.3 Å². The highest BCUT2D eigenvalue weighted by Gasteiger charge is 2.46. The van der Waals surface area contributed by atoms with Crippen molar-refractivity contribution in [1.82, 2.24) is 5.32 Å². The average Bonchev–Trinajstić information content (AvgIpc) is 2.98. The number of fused-ring (bicyclic) bond motifs is 3. The second kappa shape index (κ2) is 6.46. The number of rotatable bonds is 1. The lowest BCUT2D eigenvalue weighted by atomic mass is 9.97. The van der Waals surface area contributed by atoms with Crippen molar-refractivity contribution in [3.05, 3.63) is 47.5 Å². The molecule has 27 heavy (non-hydrogen) atoms. The van der Waals surface area contributed by atoms with E-state index in [-0.39, 0.29) is 6.42 Å². The number of hydrogen-bond donors (Lipinski definition) is 2. The molecule has 0 aliphatic carbocycles. The maximum Gasteiger partial charge on any atom is 0.425 e. The van der Waals surface area contributed by atoms with Crippen LogP contribution in [0.15, 0.2) is 36.4 Å². The Morgan fingerprint density at radius 1 is 1.15 bits per heavy atom. The zero-order chi connectivity index (χ0) is 19.2. The fraction of sp³-hybridized carbons (Fsp3) is 0.250. The molecule has 1 aliphatic rings. The molecule has 4 rings (SSSR count). The standard InChI is InChI=1S/C20H15F3N2OS/c1-2-3-11-4-6-16-13(8-11)14-9-12(5-7-17(14)27-16)15-10-18(20(21,22)23)26-19(24)25-15/h4-9,15,18H,10H2,1H3,(H2,24,25)/t15?,18-/m0/s1. The van der Waals surface area contributed by atoms with E-state index in [0.29, 0.717) is 5.56 Å². The topological polar surface area (TPSA) is 45.1 Å². The molecule has 1 saturated heterocycles. The molecule has 1 aliphatic heterocycles. The molecule has 0 bridgehead atoms. The first kappa shape index (κ1) is 17.7. The molecule has 2 heterocycles. The van der Waals surface area contributed by atoms with Crippen molar-refractivity contribution in [2.45, 2.75) is 31.7 Å². The van der Waals surface area contributed by atoms with Gasteiger partial charge in [0.25, 0.3) is 6.02 Å². The monoisotopic (exact) mass is 388 g/mol. The van der Waals surface area contributed by atoms with E-state index in [1.807, 2.05) is 36.4 Å². The maximum atomic E-state index is 13.1. The van der Waals surface area contributed by atoms with Gasteiger partial charge in [0.05, 0.1) is 6.04 Å². The number of amidine groups is 1. The lowest BCUT2D eigenvalue weighted by Crippen LogP contribution is -2.46. The maximum absolute atomic E-state index is 13.1. The normalized spacial score (nSPS) is 20.1. The third-order valence-corrected chi connectivity index (χ3v) is 5.70. The number of hydrogen-bond acceptors (Lipinski definition) is 3. The van der Waals surface area contributed by atoms with Gasteiger partial charge < -0.3 is 10.1 Å². The van der Waals surface area contributed by atoms with Gasteiger partial charge in [-0.15, -0.1) is 17.3 Å². The largest absolute Gasteiger partial charge is 0.452 e. The third kappa shape index (κ3) is 3.33. The SMILES string of the molecule is CC#Cc1ccc2sc3ccc(C4C[C@@H](C(F)(F)F)OC(=N)N4)cc3c2c1. The van der Waals surface area contributed by atoms with E-state index < -0.39 is 24.3 Å². The van der Waals surface area contributed by atoms with E-state index in [2.05, 4.69) is 21.9 Å². The number of halogens is 3. The first-order valence-electron chi connectivity index (χ1n) is 8.32. The van der Waals surface area contributed by atoms with E-state index in [0.717, 1.165) is 25.7 Å². The van der Waals surface area contributed by atoms with Crippen molar-refractivity contribution in [2.75, 3.05) is 0 Å². The second-order valence-electron chi connectivity index (χ2n) is 6.35. The summed E-state index contributed by atoms with van der Waals surface area (Å²) in [6, 6.07) is 10.4. The van der Waals surface area contributed by atoms with Crippen LogP contribution < -0.4 is 5.32 Å². The quantitative estimate of drug-likeness (QED) is 0.553. The molecule has 0 amide bonds. The van der Waals surface area contributed by atoms with Gasteiger partial charge in [0.1, 0.15) is 0 Å². The van der Waals surface area contributed by atoms with Gasteiger partial charge in [-0.05, 0) is 42.8 Å². The van der Waals surface area contributed by atoms with Crippen LogP contribution in [0, 0.1) is 17.3 Å². The average molecular weight is 388 g/mol. The number of benzene rings is 2. The molecule has 7 heteroatoms. The van der Waals surface area contributed by atoms with Gasteiger partial charge in [0.15, 0.2) is 6.10 Å². The molecular weight excluding hydrogens is 373 g/mol. The summed E-state index contributed by atoms with van der Waals surface area (Å²) in [6.07, 6.45) is -6.75. The highest BCUT2D eigenvalue weighted by Crippen LogP contribution is 2.38. The molecule has 0 saturated carbocycles. The predicted molar refractivity (Wildman–Crippen MR) is 101 cm³/mol. The van der Waals surface area contributed by atoms with Crippen LogP contribution in [0.4, 0.5) is 13.2 Å². The Hall–Kier alpha value is -2.72. The van der Waals surface area contributed by atoms with Crippen LogP contribution in [0.5, 0.6) is 0 Å². The van der Waals surface area contributed by atoms with Crippen LogP contribution in [-0.4, -0.2) is 18.3 Å². The molecule has 138 valence electrons. The van der Waals surface area contributed by atoms with Gasteiger partial charge in [0, 0.05) is 32.2 Å². The van der Waals surface area contributed by atoms with Crippen LogP contribution in [0.2, 0.25) is 0 Å². The van der Waals surface area contributed by atoms with Crippen LogP contribution in [-0.2, 0) is 4.74 Å². The fourth-order valence-corrected chi connectivity index (χ4v) is 4.38. The molecular formula is C20H15F3N2OS. The van der Waals surface area contributed by atoms with Gasteiger partial charge in [-0.3, -0.25) is 5.41 Å². The summed E-state index contributed by atoms with van der Waals surface area (Å²) in [4.78, 5) is 0. The Morgan fingerprint density at radius 2 is 1.85 bits per heavy atom. The summed E-state index contributed by atoms with van der Waals surface area (Å²) in [5.41, 5.74) is 1.61. The lowest BCUT2D eigenvalue weighted by Gasteiger charge is -2.33. The van der Waals surface area contributed by atoms with Crippen LogP contribution >= 0.6 is 11.3 Å². The van der Waals surface area contributed by atoms with Crippen LogP contribution in [0.1, 0.15) is 30.5 Å². The minimum Gasteiger partial charge on any atom is -0.452 e. The molecule has 2 atom stereocenters. The van der Waals surface area contributed by atoms with E-state index >= 15 is 0 Å². The third-order valence-electron chi connectivity index (χ3n) is 4.55. The predicted octanol–water partition coefficient (Wildman–Crippen LogP) is 5.34. The highest BCUT2D eigenvalue weighted by molar-refractivity contribution is 7.25. The summed E-state index contributed by atoms with van der Waals surface area (Å²) in [5, 5.41) is 12.3. The van der Waals surface area contributed by atoms with E-state index in [4.69, 9.17) is 5.41 Å². The first-order chi connectivity index (χ1) is 12.8. The number of thiophene rings is 1. The van der Waals surface area contributed by atoms with Crippen LogP contribution in [0.25, 0.3) is 20.2 Å². The minimum atomic E-state index is -4.50. The lowest BCUT2D eigenvalue weighted by molar-refractivity contribution is -0.207. The Kier molecular flexibility index (Phi) is 4.23. The first-order valence-corrected chi connectivity index (χ1v) is 9.14. The Balaban J connectivity index is 1.77. The molecule has 2 aromatic carbocycles. The zero-order valence-electron chi connectivity index (χ0n) is 14.3. The van der Waals surface area contributed by atoms with Crippen molar-refractivity contribution >= 4 is 37.5 Å². The van der Waals surface area contributed by atoms with Gasteiger partial charge in [-0.2, -0.15) is 13.2 Å². The molecule has 0 radical (unpaired) electrons. The van der Waals surface area contributed by atoms with E-state index in [1.165, 1.54) is 0 Å². The number of ether oxygens (including phenoxy) is 1. The molecule has 2 N–H and O–H groups in total. The summed E-state index contributed by atoms with van der Waals surface area (Å²) in [5.74, 6) is 5.91. The number of alkyl halides is 3. The van der Waals surface area contributed by atoms with Gasteiger partial charge in [0.2, 0.25) is 0 Å². The molecule has 3 nitrogen and oxygen atoms in total. The highest BCUT2D eigenvalue weighted by atomic mass is 32.1. The minimum absolute atomic E-state index is 0.272. The zero-order valence-corrected chi connectivity index (χ0v) is 15.1. The Morgan fingerprint density at radius 3 is 2.56 bits per heavy atom. The molecule has 0 spiro atoms. The number of nitrogens with one attached hydrogen (secondary N) is 2. The molecule has 1 fully saturated rings. The molecule has 3 aromatic rings. The summed E-state index contributed by atoms with van der Waals surface area (Å²) in [7, 11) is 0. The second-order valence-corrected chi connectivity index (χ2v) is 7.44. The van der Waals surface area contributed by atoms with Crippen molar-refractivity contribution in [2.24, 2.45) is 0 Å². The van der Waals surface area contributed by atoms with Crippen LogP contribution in [0.3, 0.4) is 0 Å². The summed E-state index contributed by atoms with van der Waals surface area (Å²) in [6.45, 7) is 1.77. The van der Waals surface area contributed by atoms with Gasteiger partial charge >= 0.3 is 6.18 Å². The summed E-state index contributed by atoms with van der Waals surface area (Å²) >= 11 is 1.63. The molecule has 1 aromatic heterocycles.